The second kappa shape index (κ2) is 7.56. The Morgan fingerprint density at radius 1 is 1.09 bits per heavy atom. The van der Waals surface area contributed by atoms with Gasteiger partial charge in [0.15, 0.2) is 0 Å². The average molecular weight is 323 g/mol. The lowest BCUT2D eigenvalue weighted by Gasteiger charge is -2.08. The highest BCUT2D eigenvalue weighted by atomic mass is 32.1. The second-order valence-electron chi connectivity index (χ2n) is 5.07. The number of aromatic nitrogens is 1. The number of anilines is 1. The molecule has 0 radical (unpaired) electrons. The van der Waals surface area contributed by atoms with Crippen molar-refractivity contribution in [2.24, 2.45) is 0 Å². The first-order chi connectivity index (χ1) is 11.3. The van der Waals surface area contributed by atoms with Gasteiger partial charge < -0.3 is 10.6 Å². The van der Waals surface area contributed by atoms with Crippen molar-refractivity contribution in [1.82, 2.24) is 10.3 Å². The molecule has 2 N–H and O–H groups in total. The first kappa shape index (κ1) is 15.2. The number of benzene rings is 1. The highest BCUT2D eigenvalue weighted by Crippen LogP contribution is 2.13. The fraction of sp³-hybridized carbons (Fsp3) is 0.111. The van der Waals surface area contributed by atoms with Crippen molar-refractivity contribution < 1.29 is 4.79 Å². The average Bonchev–Trinajstić information content (AvgIpc) is 3.12. The Morgan fingerprint density at radius 3 is 2.83 bits per heavy atom. The molecule has 3 rings (SSSR count). The van der Waals surface area contributed by atoms with Crippen LogP contribution in [0.3, 0.4) is 0 Å². The van der Waals surface area contributed by atoms with Crippen LogP contribution in [0.5, 0.6) is 0 Å². The summed E-state index contributed by atoms with van der Waals surface area (Å²) in [5.74, 6) is -0.102. The maximum Gasteiger partial charge on any atom is 0.251 e. The number of carbonyl (C=O) groups is 1. The summed E-state index contributed by atoms with van der Waals surface area (Å²) in [5, 5.41) is 10.4. The van der Waals surface area contributed by atoms with Gasteiger partial charge in [0.25, 0.3) is 5.91 Å². The number of amides is 1. The lowest BCUT2D eigenvalue weighted by molar-refractivity contribution is 0.0950. The summed E-state index contributed by atoms with van der Waals surface area (Å²) in [7, 11) is 0. The number of thiophene rings is 1. The van der Waals surface area contributed by atoms with E-state index in [-0.39, 0.29) is 5.91 Å². The zero-order valence-corrected chi connectivity index (χ0v) is 13.3. The van der Waals surface area contributed by atoms with E-state index in [0.717, 1.165) is 17.9 Å². The van der Waals surface area contributed by atoms with Crippen LogP contribution in [0.1, 0.15) is 21.6 Å². The highest BCUT2D eigenvalue weighted by molar-refractivity contribution is 7.07. The quantitative estimate of drug-likeness (QED) is 0.727. The summed E-state index contributed by atoms with van der Waals surface area (Å²) < 4.78 is 0. The van der Waals surface area contributed by atoms with Crippen LogP contribution in [-0.4, -0.2) is 10.9 Å². The summed E-state index contributed by atoms with van der Waals surface area (Å²) >= 11 is 1.68. The smallest absolute Gasteiger partial charge is 0.251 e. The van der Waals surface area contributed by atoms with Crippen molar-refractivity contribution in [3.8, 4) is 0 Å². The Labute approximate surface area is 139 Å². The Hall–Kier alpha value is -2.66. The minimum absolute atomic E-state index is 0.102. The van der Waals surface area contributed by atoms with E-state index >= 15 is 0 Å². The molecule has 1 amide bonds. The van der Waals surface area contributed by atoms with E-state index in [0.29, 0.717) is 12.1 Å². The number of carbonyl (C=O) groups excluding carboxylic acids is 1. The molecule has 23 heavy (non-hydrogen) atoms. The van der Waals surface area contributed by atoms with Gasteiger partial charge in [-0.15, -0.1) is 0 Å². The summed E-state index contributed by atoms with van der Waals surface area (Å²) in [6, 6.07) is 15.2. The van der Waals surface area contributed by atoms with E-state index in [9.17, 15) is 4.79 Å². The lowest BCUT2D eigenvalue weighted by atomic mass is 10.2. The van der Waals surface area contributed by atoms with Gasteiger partial charge in [-0.2, -0.15) is 11.3 Å². The number of nitrogens with zero attached hydrogens (tertiary/aromatic N) is 1. The van der Waals surface area contributed by atoms with Crippen LogP contribution in [-0.2, 0) is 13.1 Å². The fourth-order valence-corrected chi connectivity index (χ4v) is 2.81. The van der Waals surface area contributed by atoms with Gasteiger partial charge in [0.2, 0.25) is 0 Å². The molecule has 2 heterocycles. The third-order valence-electron chi connectivity index (χ3n) is 3.36. The monoisotopic (exact) mass is 323 g/mol. The molecule has 0 unspecified atom stereocenters. The van der Waals surface area contributed by atoms with Crippen molar-refractivity contribution in [3.05, 3.63) is 82.3 Å². The van der Waals surface area contributed by atoms with Gasteiger partial charge in [-0.25, -0.2) is 0 Å². The molecule has 1 aromatic carbocycles. The third-order valence-corrected chi connectivity index (χ3v) is 4.09. The summed E-state index contributed by atoms with van der Waals surface area (Å²) in [6.07, 6.45) is 1.72. The van der Waals surface area contributed by atoms with Gasteiger partial charge in [-0.3, -0.25) is 9.78 Å². The Kier molecular flexibility index (Phi) is 5.01. The Bertz CT molecular complexity index is 757. The summed E-state index contributed by atoms with van der Waals surface area (Å²) in [4.78, 5) is 16.4. The topological polar surface area (TPSA) is 54.0 Å². The minimum Gasteiger partial charge on any atom is -0.381 e. The van der Waals surface area contributed by atoms with Gasteiger partial charge >= 0.3 is 0 Å². The first-order valence-electron chi connectivity index (χ1n) is 7.34. The van der Waals surface area contributed by atoms with Crippen molar-refractivity contribution in [2.75, 3.05) is 5.32 Å². The van der Waals surface area contributed by atoms with Gasteiger partial charge in [-0.05, 0) is 52.7 Å². The molecule has 4 nitrogen and oxygen atoms in total. The van der Waals surface area contributed by atoms with Crippen LogP contribution in [0.25, 0.3) is 0 Å². The van der Waals surface area contributed by atoms with Crippen LogP contribution in [0.15, 0.2) is 65.5 Å². The Morgan fingerprint density at radius 2 is 2.04 bits per heavy atom. The van der Waals surface area contributed by atoms with Crippen LogP contribution in [0, 0.1) is 0 Å². The summed E-state index contributed by atoms with van der Waals surface area (Å²) in [5.41, 5.74) is 3.64. The largest absolute Gasteiger partial charge is 0.381 e. The van der Waals surface area contributed by atoms with Crippen molar-refractivity contribution in [2.45, 2.75) is 13.1 Å². The second-order valence-corrected chi connectivity index (χ2v) is 5.85. The third kappa shape index (κ3) is 4.40. The predicted octanol–water partition coefficient (Wildman–Crippen LogP) is 3.69. The molecule has 0 spiro atoms. The molecule has 0 aliphatic rings. The number of pyridine rings is 1. The molecule has 0 saturated carbocycles. The maximum absolute atomic E-state index is 12.2. The fourth-order valence-electron chi connectivity index (χ4n) is 2.14. The molecular weight excluding hydrogens is 306 g/mol. The molecule has 5 heteroatoms. The van der Waals surface area contributed by atoms with E-state index in [1.807, 2.05) is 42.5 Å². The number of hydrogen-bond donors (Lipinski definition) is 2. The van der Waals surface area contributed by atoms with Gasteiger partial charge in [0.1, 0.15) is 0 Å². The van der Waals surface area contributed by atoms with E-state index in [1.54, 1.807) is 17.5 Å². The normalized spacial score (nSPS) is 10.3. The van der Waals surface area contributed by atoms with Crippen LogP contribution in [0.2, 0.25) is 0 Å². The van der Waals surface area contributed by atoms with Crippen molar-refractivity contribution in [3.63, 3.8) is 0 Å². The molecule has 0 aliphatic heterocycles. The van der Waals surface area contributed by atoms with Crippen LogP contribution >= 0.6 is 11.3 Å². The predicted molar refractivity (Wildman–Crippen MR) is 93.5 cm³/mol. The van der Waals surface area contributed by atoms with E-state index in [2.05, 4.69) is 32.4 Å². The molecular formula is C18H17N3OS. The van der Waals surface area contributed by atoms with E-state index < -0.39 is 0 Å². The van der Waals surface area contributed by atoms with Gasteiger partial charge in [0.05, 0.1) is 12.2 Å². The zero-order chi connectivity index (χ0) is 15.9. The maximum atomic E-state index is 12.2. The van der Waals surface area contributed by atoms with Crippen molar-refractivity contribution in [1.29, 1.82) is 0 Å². The molecule has 0 saturated heterocycles. The number of nitrogens with one attached hydrogen (secondary N) is 2. The van der Waals surface area contributed by atoms with Gasteiger partial charge in [0, 0.05) is 24.0 Å². The number of hydrogen-bond acceptors (Lipinski definition) is 4. The van der Waals surface area contributed by atoms with E-state index in [4.69, 9.17) is 0 Å². The Balaban J connectivity index is 1.58. The molecule has 2 aromatic heterocycles. The minimum atomic E-state index is -0.102. The molecule has 116 valence electrons. The van der Waals surface area contributed by atoms with Crippen molar-refractivity contribution >= 4 is 22.9 Å². The standard InChI is InChI=1S/C18H17N3OS/c22-18(21-12-17-5-1-2-8-19-17)15-4-3-6-16(10-15)20-11-14-7-9-23-13-14/h1-10,13,20H,11-12H2,(H,21,22). The number of rotatable bonds is 6. The lowest BCUT2D eigenvalue weighted by Crippen LogP contribution is -2.23. The highest BCUT2D eigenvalue weighted by Gasteiger charge is 2.06. The molecule has 0 aliphatic carbocycles. The SMILES string of the molecule is O=C(NCc1ccccn1)c1cccc(NCc2ccsc2)c1. The molecule has 0 atom stereocenters. The molecule has 3 aromatic rings. The van der Waals surface area contributed by atoms with Crippen LogP contribution < -0.4 is 10.6 Å². The first-order valence-corrected chi connectivity index (χ1v) is 8.29. The van der Waals surface area contributed by atoms with Gasteiger partial charge in [-0.1, -0.05) is 12.1 Å². The van der Waals surface area contributed by atoms with Crippen LogP contribution in [0.4, 0.5) is 5.69 Å². The molecule has 0 bridgehead atoms. The zero-order valence-electron chi connectivity index (χ0n) is 12.5. The summed E-state index contributed by atoms with van der Waals surface area (Å²) in [6.45, 7) is 1.18. The van der Waals surface area contributed by atoms with E-state index in [1.165, 1.54) is 5.56 Å². The molecule has 0 fully saturated rings.